The Morgan fingerprint density at radius 3 is 2.87 bits per heavy atom. The molecule has 3 nitrogen and oxygen atoms in total. The summed E-state index contributed by atoms with van der Waals surface area (Å²) in [5.41, 5.74) is 0.408. The average molecular weight is 210 g/mol. The summed E-state index contributed by atoms with van der Waals surface area (Å²) in [6.45, 7) is 3.65. The molecule has 0 saturated carbocycles. The summed E-state index contributed by atoms with van der Waals surface area (Å²) in [5.74, 6) is -1.45. The Morgan fingerprint density at radius 1 is 1.60 bits per heavy atom. The predicted molar refractivity (Wildman–Crippen MR) is 53.4 cm³/mol. The first-order valence-electron chi connectivity index (χ1n) is 4.37. The molecule has 1 aromatic rings. The van der Waals surface area contributed by atoms with Crippen LogP contribution in [0.1, 0.15) is 5.56 Å². The number of carboxylic acid groups (broad SMARTS) is 1. The van der Waals surface area contributed by atoms with Gasteiger partial charge in [-0.15, -0.1) is 0 Å². The SMILES string of the molecule is C=CCOc1ccc(CC(=O)O)cc1F. The van der Waals surface area contributed by atoms with Crippen molar-refractivity contribution in [3.8, 4) is 5.75 Å². The molecule has 0 spiro atoms. The number of carbonyl (C=O) groups is 1. The van der Waals surface area contributed by atoms with Crippen molar-refractivity contribution in [2.24, 2.45) is 0 Å². The molecule has 0 radical (unpaired) electrons. The number of benzene rings is 1. The van der Waals surface area contributed by atoms with Crippen LogP contribution in [0.3, 0.4) is 0 Å². The highest BCUT2D eigenvalue weighted by Crippen LogP contribution is 2.18. The van der Waals surface area contributed by atoms with Crippen LogP contribution in [0.5, 0.6) is 5.75 Å². The first-order valence-corrected chi connectivity index (χ1v) is 4.37. The molecule has 4 heteroatoms. The molecule has 0 unspecified atom stereocenters. The summed E-state index contributed by atoms with van der Waals surface area (Å²) < 4.78 is 18.3. The standard InChI is InChI=1S/C11H11FO3/c1-2-5-15-10-4-3-8(6-9(10)12)7-11(13)14/h2-4,6H,1,5,7H2,(H,13,14). The third-order valence-corrected chi connectivity index (χ3v) is 1.71. The summed E-state index contributed by atoms with van der Waals surface area (Å²) in [7, 11) is 0. The highest BCUT2D eigenvalue weighted by molar-refractivity contribution is 5.70. The molecule has 1 aromatic carbocycles. The topological polar surface area (TPSA) is 46.5 Å². The Labute approximate surface area is 86.8 Å². The van der Waals surface area contributed by atoms with Gasteiger partial charge in [0, 0.05) is 0 Å². The minimum absolute atomic E-state index is 0.101. The van der Waals surface area contributed by atoms with Gasteiger partial charge in [-0.05, 0) is 17.7 Å². The number of halogens is 1. The monoisotopic (exact) mass is 210 g/mol. The normalized spacial score (nSPS) is 9.67. The maximum Gasteiger partial charge on any atom is 0.307 e. The van der Waals surface area contributed by atoms with E-state index in [4.69, 9.17) is 9.84 Å². The van der Waals surface area contributed by atoms with Gasteiger partial charge in [0.2, 0.25) is 0 Å². The molecule has 0 saturated heterocycles. The molecule has 0 aliphatic carbocycles. The fourth-order valence-corrected chi connectivity index (χ4v) is 1.09. The second-order valence-corrected chi connectivity index (χ2v) is 2.93. The number of carboxylic acids is 1. The third kappa shape index (κ3) is 3.42. The van der Waals surface area contributed by atoms with Crippen molar-refractivity contribution in [3.63, 3.8) is 0 Å². The van der Waals surface area contributed by atoms with Gasteiger partial charge in [0.1, 0.15) is 6.61 Å². The van der Waals surface area contributed by atoms with E-state index in [9.17, 15) is 9.18 Å². The number of aliphatic carboxylic acids is 1. The highest BCUT2D eigenvalue weighted by atomic mass is 19.1. The van der Waals surface area contributed by atoms with Crippen LogP contribution in [-0.4, -0.2) is 17.7 Å². The molecule has 0 aromatic heterocycles. The maximum atomic E-state index is 13.3. The van der Waals surface area contributed by atoms with Crippen LogP contribution >= 0.6 is 0 Å². The molecule has 0 heterocycles. The molecule has 80 valence electrons. The highest BCUT2D eigenvalue weighted by Gasteiger charge is 2.06. The Balaban J connectivity index is 2.78. The largest absolute Gasteiger partial charge is 0.486 e. The van der Waals surface area contributed by atoms with Crippen molar-refractivity contribution in [1.82, 2.24) is 0 Å². The molecule has 0 fully saturated rings. The molecular formula is C11H11FO3. The van der Waals surface area contributed by atoms with Gasteiger partial charge >= 0.3 is 5.97 Å². The van der Waals surface area contributed by atoms with Gasteiger partial charge < -0.3 is 9.84 Å². The molecule has 0 amide bonds. The fourth-order valence-electron chi connectivity index (χ4n) is 1.09. The minimum atomic E-state index is -0.992. The van der Waals surface area contributed by atoms with Crippen LogP contribution in [-0.2, 0) is 11.2 Å². The lowest BCUT2D eigenvalue weighted by molar-refractivity contribution is -0.136. The quantitative estimate of drug-likeness (QED) is 0.756. The number of ether oxygens (including phenoxy) is 1. The van der Waals surface area contributed by atoms with Crippen LogP contribution in [0.15, 0.2) is 30.9 Å². The Hall–Kier alpha value is -1.84. The number of hydrogen-bond acceptors (Lipinski definition) is 2. The van der Waals surface area contributed by atoms with Crippen LogP contribution in [0.25, 0.3) is 0 Å². The van der Waals surface area contributed by atoms with Crippen molar-refractivity contribution < 1.29 is 19.0 Å². The van der Waals surface area contributed by atoms with E-state index in [1.165, 1.54) is 18.2 Å². The van der Waals surface area contributed by atoms with Gasteiger partial charge in [-0.1, -0.05) is 18.7 Å². The van der Waals surface area contributed by atoms with Gasteiger partial charge in [-0.2, -0.15) is 0 Å². The van der Waals surface area contributed by atoms with Crippen LogP contribution in [0.2, 0.25) is 0 Å². The Kier molecular flexibility index (Phi) is 3.85. The van der Waals surface area contributed by atoms with Gasteiger partial charge in [0.05, 0.1) is 6.42 Å². The van der Waals surface area contributed by atoms with Gasteiger partial charge in [0.15, 0.2) is 11.6 Å². The van der Waals surface area contributed by atoms with E-state index in [1.807, 2.05) is 0 Å². The lowest BCUT2D eigenvalue weighted by Gasteiger charge is -2.05. The van der Waals surface area contributed by atoms with Crippen molar-refractivity contribution >= 4 is 5.97 Å². The van der Waals surface area contributed by atoms with Crippen molar-refractivity contribution in [2.45, 2.75) is 6.42 Å². The first kappa shape index (κ1) is 11.2. The van der Waals surface area contributed by atoms with Crippen LogP contribution < -0.4 is 4.74 Å². The Morgan fingerprint density at radius 2 is 2.33 bits per heavy atom. The Bertz CT molecular complexity index is 374. The molecule has 0 bridgehead atoms. The summed E-state index contributed by atoms with van der Waals surface area (Å²) >= 11 is 0. The minimum Gasteiger partial charge on any atom is -0.486 e. The summed E-state index contributed by atoms with van der Waals surface area (Å²) in [5, 5.41) is 8.50. The van der Waals surface area contributed by atoms with E-state index in [0.29, 0.717) is 5.56 Å². The van der Waals surface area contributed by atoms with Crippen molar-refractivity contribution in [3.05, 3.63) is 42.2 Å². The van der Waals surface area contributed by atoms with Crippen molar-refractivity contribution in [1.29, 1.82) is 0 Å². The molecular weight excluding hydrogens is 199 g/mol. The lowest BCUT2D eigenvalue weighted by atomic mass is 10.1. The van der Waals surface area contributed by atoms with Crippen LogP contribution in [0.4, 0.5) is 4.39 Å². The average Bonchev–Trinajstić information content (AvgIpc) is 2.15. The molecule has 15 heavy (non-hydrogen) atoms. The summed E-state index contributed by atoms with van der Waals surface area (Å²) in [6.07, 6.45) is 1.31. The van der Waals surface area contributed by atoms with Gasteiger partial charge in [-0.3, -0.25) is 4.79 Å². The zero-order valence-electron chi connectivity index (χ0n) is 8.07. The lowest BCUT2D eigenvalue weighted by Crippen LogP contribution is -2.01. The summed E-state index contributed by atoms with van der Waals surface area (Å²) in [6, 6.07) is 4.10. The molecule has 1 rings (SSSR count). The number of hydrogen-bond donors (Lipinski definition) is 1. The maximum absolute atomic E-state index is 13.3. The van der Waals surface area contributed by atoms with E-state index in [0.717, 1.165) is 6.07 Å². The van der Waals surface area contributed by atoms with Crippen molar-refractivity contribution in [2.75, 3.05) is 6.61 Å². The molecule has 1 N–H and O–H groups in total. The first-order chi connectivity index (χ1) is 7.13. The fraction of sp³-hybridized carbons (Fsp3) is 0.182. The van der Waals surface area contributed by atoms with E-state index in [1.54, 1.807) is 0 Å². The third-order valence-electron chi connectivity index (χ3n) is 1.71. The predicted octanol–water partition coefficient (Wildman–Crippen LogP) is 2.02. The van der Waals surface area contributed by atoms with E-state index in [-0.39, 0.29) is 18.8 Å². The second kappa shape index (κ2) is 5.14. The van der Waals surface area contributed by atoms with E-state index >= 15 is 0 Å². The van der Waals surface area contributed by atoms with Crippen LogP contribution in [0, 0.1) is 5.82 Å². The van der Waals surface area contributed by atoms with Gasteiger partial charge in [-0.25, -0.2) is 4.39 Å². The molecule has 0 aliphatic heterocycles. The smallest absolute Gasteiger partial charge is 0.307 e. The molecule has 0 aliphatic rings. The van der Waals surface area contributed by atoms with E-state index in [2.05, 4.69) is 6.58 Å². The zero-order chi connectivity index (χ0) is 11.3. The molecule has 0 atom stereocenters. The zero-order valence-corrected chi connectivity index (χ0v) is 8.07. The number of rotatable bonds is 5. The second-order valence-electron chi connectivity index (χ2n) is 2.93. The van der Waals surface area contributed by atoms with E-state index < -0.39 is 11.8 Å². The summed E-state index contributed by atoms with van der Waals surface area (Å²) in [4.78, 5) is 10.4. The van der Waals surface area contributed by atoms with Gasteiger partial charge in [0.25, 0.3) is 0 Å².